The predicted octanol–water partition coefficient (Wildman–Crippen LogP) is 1.59. The molecule has 0 saturated carbocycles. The van der Waals surface area contributed by atoms with E-state index in [9.17, 15) is 14.7 Å². The van der Waals surface area contributed by atoms with E-state index in [1.165, 1.54) is 17.7 Å². The minimum Gasteiger partial charge on any atom is -0.387 e. The van der Waals surface area contributed by atoms with E-state index in [4.69, 9.17) is 0 Å². The Hall–Kier alpha value is -2.52. The van der Waals surface area contributed by atoms with Gasteiger partial charge in [-0.3, -0.25) is 14.3 Å². The molecule has 1 atom stereocenters. The first-order chi connectivity index (χ1) is 12.5. The van der Waals surface area contributed by atoms with Crippen LogP contribution in [-0.2, 0) is 13.1 Å². The second-order valence-corrected chi connectivity index (χ2v) is 7.51. The Morgan fingerprint density at radius 1 is 1.42 bits per heavy atom. The first-order valence-corrected chi connectivity index (χ1v) is 9.28. The van der Waals surface area contributed by atoms with Crippen molar-refractivity contribution in [2.24, 2.45) is 0 Å². The average Bonchev–Trinajstić information content (AvgIpc) is 3.10. The first-order valence-electron chi connectivity index (χ1n) is 8.46. The SMILES string of the molecule is Cc1c(C(=O)N2CCCn3nc([C@@H](C)O)cc3C2)sc2nc[nH]c(=O)c12. The number of carbonyl (C=O) groups is 1. The van der Waals surface area contributed by atoms with Crippen LogP contribution >= 0.6 is 11.3 Å². The monoisotopic (exact) mass is 373 g/mol. The quantitative estimate of drug-likeness (QED) is 0.710. The molecule has 1 aliphatic heterocycles. The fraction of sp³-hybridized carbons (Fsp3) is 0.412. The van der Waals surface area contributed by atoms with Crippen molar-refractivity contribution < 1.29 is 9.90 Å². The number of aromatic amines is 1. The van der Waals surface area contributed by atoms with E-state index in [0.29, 0.717) is 46.0 Å². The van der Waals surface area contributed by atoms with Gasteiger partial charge in [0, 0.05) is 13.1 Å². The van der Waals surface area contributed by atoms with Crippen LogP contribution < -0.4 is 5.56 Å². The molecule has 2 N–H and O–H groups in total. The molecule has 26 heavy (non-hydrogen) atoms. The van der Waals surface area contributed by atoms with Crippen molar-refractivity contribution in [3.8, 4) is 0 Å². The number of aliphatic hydroxyl groups excluding tert-OH is 1. The van der Waals surface area contributed by atoms with E-state index < -0.39 is 6.10 Å². The van der Waals surface area contributed by atoms with Crippen LogP contribution in [0.1, 0.15) is 46.1 Å². The van der Waals surface area contributed by atoms with Crippen molar-refractivity contribution in [2.45, 2.75) is 39.5 Å². The molecule has 4 rings (SSSR count). The molecule has 0 bridgehead atoms. The van der Waals surface area contributed by atoms with Gasteiger partial charge in [0.05, 0.1) is 40.6 Å². The first kappa shape index (κ1) is 16.9. The van der Waals surface area contributed by atoms with E-state index in [1.807, 2.05) is 10.7 Å². The van der Waals surface area contributed by atoms with Crippen LogP contribution in [0.3, 0.4) is 0 Å². The molecule has 0 spiro atoms. The Morgan fingerprint density at radius 2 is 2.23 bits per heavy atom. The summed E-state index contributed by atoms with van der Waals surface area (Å²) in [7, 11) is 0. The molecule has 3 aromatic heterocycles. The molecule has 9 heteroatoms. The summed E-state index contributed by atoms with van der Waals surface area (Å²) in [5, 5.41) is 14.6. The largest absolute Gasteiger partial charge is 0.387 e. The number of hydrogen-bond donors (Lipinski definition) is 2. The van der Waals surface area contributed by atoms with Crippen LogP contribution in [0.4, 0.5) is 0 Å². The number of nitrogens with one attached hydrogen (secondary N) is 1. The summed E-state index contributed by atoms with van der Waals surface area (Å²) < 4.78 is 1.86. The van der Waals surface area contributed by atoms with Gasteiger partial charge in [-0.2, -0.15) is 5.10 Å². The van der Waals surface area contributed by atoms with Crippen molar-refractivity contribution in [3.05, 3.63) is 44.6 Å². The van der Waals surface area contributed by atoms with Crippen LogP contribution in [0.2, 0.25) is 0 Å². The summed E-state index contributed by atoms with van der Waals surface area (Å²) in [6, 6.07) is 1.85. The molecule has 136 valence electrons. The summed E-state index contributed by atoms with van der Waals surface area (Å²) >= 11 is 1.25. The molecule has 1 amide bonds. The van der Waals surface area contributed by atoms with E-state index in [-0.39, 0.29) is 11.5 Å². The highest BCUT2D eigenvalue weighted by atomic mass is 32.1. The van der Waals surface area contributed by atoms with Crippen LogP contribution in [0.15, 0.2) is 17.2 Å². The highest BCUT2D eigenvalue weighted by Gasteiger charge is 2.26. The molecule has 3 aromatic rings. The van der Waals surface area contributed by atoms with Gasteiger partial charge in [0.1, 0.15) is 4.83 Å². The number of thiophene rings is 1. The molecule has 0 saturated heterocycles. The zero-order valence-electron chi connectivity index (χ0n) is 14.5. The summed E-state index contributed by atoms with van der Waals surface area (Å²) in [6.45, 7) is 5.21. The minimum atomic E-state index is -0.638. The molecule has 8 nitrogen and oxygen atoms in total. The lowest BCUT2D eigenvalue weighted by Crippen LogP contribution is -2.30. The number of aliphatic hydroxyl groups is 1. The van der Waals surface area contributed by atoms with Crippen LogP contribution in [0.5, 0.6) is 0 Å². The number of H-pyrrole nitrogens is 1. The van der Waals surface area contributed by atoms with Crippen molar-refractivity contribution in [1.29, 1.82) is 0 Å². The molecule has 4 heterocycles. The maximum absolute atomic E-state index is 13.1. The van der Waals surface area contributed by atoms with Gasteiger partial charge in [-0.15, -0.1) is 11.3 Å². The Morgan fingerprint density at radius 3 is 2.96 bits per heavy atom. The van der Waals surface area contributed by atoms with Crippen LogP contribution in [0.25, 0.3) is 10.2 Å². The van der Waals surface area contributed by atoms with E-state index in [0.717, 1.165) is 12.1 Å². The highest BCUT2D eigenvalue weighted by Crippen LogP contribution is 2.29. The van der Waals surface area contributed by atoms with Gasteiger partial charge in [-0.05, 0) is 31.9 Å². The smallest absolute Gasteiger partial charge is 0.264 e. The lowest BCUT2D eigenvalue weighted by Gasteiger charge is -2.19. The zero-order chi connectivity index (χ0) is 18.4. The van der Waals surface area contributed by atoms with Gasteiger partial charge in [0.25, 0.3) is 11.5 Å². The maximum Gasteiger partial charge on any atom is 0.264 e. The Balaban J connectivity index is 1.69. The minimum absolute atomic E-state index is 0.0989. The van der Waals surface area contributed by atoms with Gasteiger partial charge >= 0.3 is 0 Å². The van der Waals surface area contributed by atoms with Crippen molar-refractivity contribution >= 4 is 27.5 Å². The second-order valence-electron chi connectivity index (χ2n) is 6.51. The molecule has 0 aliphatic carbocycles. The van der Waals surface area contributed by atoms with Gasteiger partial charge < -0.3 is 15.0 Å². The molecular formula is C17H19N5O3S. The van der Waals surface area contributed by atoms with Crippen LogP contribution in [0, 0.1) is 6.92 Å². The van der Waals surface area contributed by atoms with E-state index in [2.05, 4.69) is 15.1 Å². The fourth-order valence-corrected chi connectivity index (χ4v) is 4.41. The number of carbonyl (C=O) groups excluding carboxylic acids is 1. The molecule has 0 radical (unpaired) electrons. The van der Waals surface area contributed by atoms with Crippen molar-refractivity contribution in [1.82, 2.24) is 24.6 Å². The third-order valence-electron chi connectivity index (χ3n) is 4.68. The number of fused-ring (bicyclic) bond motifs is 2. The predicted molar refractivity (Wildman–Crippen MR) is 97.2 cm³/mol. The Labute approximate surface area is 153 Å². The lowest BCUT2D eigenvalue weighted by molar-refractivity contribution is 0.0750. The van der Waals surface area contributed by atoms with E-state index in [1.54, 1.807) is 18.7 Å². The standard InChI is InChI=1S/C17H19N5O3S/c1-9-13-15(24)18-8-19-16(13)26-14(9)17(25)21-4-3-5-22-11(7-21)6-12(20-22)10(2)23/h6,8,10,23H,3-5,7H2,1-2H3,(H,18,19,24)/t10-/m1/s1. The molecule has 0 fully saturated rings. The lowest BCUT2D eigenvalue weighted by atomic mass is 10.2. The number of aromatic nitrogens is 4. The Kier molecular flexibility index (Phi) is 4.12. The fourth-order valence-electron chi connectivity index (χ4n) is 3.29. The summed E-state index contributed by atoms with van der Waals surface area (Å²) in [4.78, 5) is 34.8. The van der Waals surface area contributed by atoms with Gasteiger partial charge in [0.15, 0.2) is 0 Å². The molecule has 1 aliphatic rings. The number of rotatable bonds is 2. The summed E-state index contributed by atoms with van der Waals surface area (Å²) in [6.07, 6.45) is 1.50. The highest BCUT2D eigenvalue weighted by molar-refractivity contribution is 7.20. The summed E-state index contributed by atoms with van der Waals surface area (Å²) in [5.41, 5.74) is 1.97. The normalized spacial score (nSPS) is 15.7. The third-order valence-corrected chi connectivity index (χ3v) is 5.86. The van der Waals surface area contributed by atoms with Gasteiger partial charge in [-0.1, -0.05) is 0 Å². The molecule has 0 unspecified atom stereocenters. The number of aryl methyl sites for hydroxylation is 2. The number of amides is 1. The zero-order valence-corrected chi connectivity index (χ0v) is 15.3. The molecule has 0 aromatic carbocycles. The number of hydrogen-bond acceptors (Lipinski definition) is 6. The van der Waals surface area contributed by atoms with E-state index >= 15 is 0 Å². The average molecular weight is 373 g/mol. The molecular weight excluding hydrogens is 354 g/mol. The van der Waals surface area contributed by atoms with Crippen molar-refractivity contribution in [2.75, 3.05) is 6.54 Å². The topological polar surface area (TPSA) is 104 Å². The van der Waals surface area contributed by atoms with Crippen molar-refractivity contribution in [3.63, 3.8) is 0 Å². The summed E-state index contributed by atoms with van der Waals surface area (Å²) in [5.74, 6) is -0.0989. The van der Waals surface area contributed by atoms with Gasteiger partial charge in [-0.25, -0.2) is 4.98 Å². The van der Waals surface area contributed by atoms with Crippen LogP contribution in [-0.4, -0.2) is 42.2 Å². The van der Waals surface area contributed by atoms with Gasteiger partial charge in [0.2, 0.25) is 0 Å². The Bertz CT molecular complexity index is 1050. The number of nitrogens with zero attached hydrogens (tertiary/aromatic N) is 4. The second kappa shape index (κ2) is 6.33. The maximum atomic E-state index is 13.1. The third kappa shape index (κ3) is 2.73.